The van der Waals surface area contributed by atoms with E-state index in [0.717, 1.165) is 25.2 Å². The number of hydrogen-bond donors (Lipinski definition) is 1. The number of rotatable bonds is 6. The summed E-state index contributed by atoms with van der Waals surface area (Å²) in [5, 5.41) is 12.7. The van der Waals surface area contributed by atoms with Crippen molar-refractivity contribution in [2.24, 2.45) is 5.92 Å². The van der Waals surface area contributed by atoms with Gasteiger partial charge in [-0.15, -0.1) is 0 Å². The standard InChI is InChI=1S/C18H27N3/c1-14(2)12-21(13-18-8-5-9-20-18)15(3)17-7-4-6-16(10-17)11-19/h4,6-7,10,14-15,18,20H,5,8-9,12-13H2,1-3H3. The van der Waals surface area contributed by atoms with Crippen molar-refractivity contribution in [1.29, 1.82) is 5.26 Å². The Morgan fingerprint density at radius 2 is 2.19 bits per heavy atom. The average Bonchev–Trinajstić information content (AvgIpc) is 2.98. The molecule has 0 bridgehead atoms. The summed E-state index contributed by atoms with van der Waals surface area (Å²) in [5.41, 5.74) is 2.00. The minimum atomic E-state index is 0.350. The van der Waals surface area contributed by atoms with Crippen LogP contribution >= 0.6 is 0 Å². The predicted octanol–water partition coefficient (Wildman–Crippen LogP) is 3.33. The SMILES string of the molecule is CC(C)CN(CC1CCCN1)C(C)c1cccc(C#N)c1. The topological polar surface area (TPSA) is 39.1 Å². The van der Waals surface area contributed by atoms with Gasteiger partial charge in [-0.05, 0) is 49.9 Å². The number of benzene rings is 1. The van der Waals surface area contributed by atoms with E-state index >= 15 is 0 Å². The van der Waals surface area contributed by atoms with Gasteiger partial charge in [0.25, 0.3) is 0 Å². The van der Waals surface area contributed by atoms with Crippen LogP contribution in [0.5, 0.6) is 0 Å². The normalized spacial score (nSPS) is 19.9. The smallest absolute Gasteiger partial charge is 0.0991 e. The Labute approximate surface area is 129 Å². The van der Waals surface area contributed by atoms with Crippen LogP contribution < -0.4 is 5.32 Å². The van der Waals surface area contributed by atoms with Gasteiger partial charge in [-0.2, -0.15) is 5.26 Å². The van der Waals surface area contributed by atoms with E-state index in [-0.39, 0.29) is 0 Å². The minimum Gasteiger partial charge on any atom is -0.313 e. The Balaban J connectivity index is 2.11. The fraction of sp³-hybridized carbons (Fsp3) is 0.611. The van der Waals surface area contributed by atoms with Gasteiger partial charge in [-0.25, -0.2) is 0 Å². The molecule has 2 unspecified atom stereocenters. The molecular formula is C18H27N3. The zero-order chi connectivity index (χ0) is 15.2. The maximum absolute atomic E-state index is 9.08. The van der Waals surface area contributed by atoms with Crippen LogP contribution in [0.25, 0.3) is 0 Å². The van der Waals surface area contributed by atoms with Gasteiger partial charge in [0.15, 0.2) is 0 Å². The highest BCUT2D eigenvalue weighted by molar-refractivity contribution is 5.34. The molecule has 1 aliphatic rings. The summed E-state index contributed by atoms with van der Waals surface area (Å²) in [5.74, 6) is 0.646. The van der Waals surface area contributed by atoms with Crippen LogP contribution in [0.4, 0.5) is 0 Å². The third-order valence-corrected chi connectivity index (χ3v) is 4.26. The number of nitrogens with zero attached hydrogens (tertiary/aromatic N) is 2. The van der Waals surface area contributed by atoms with Crippen molar-refractivity contribution < 1.29 is 0 Å². The van der Waals surface area contributed by atoms with Gasteiger partial charge >= 0.3 is 0 Å². The number of nitrogens with one attached hydrogen (secondary N) is 1. The molecule has 0 aromatic heterocycles. The molecule has 2 rings (SSSR count). The summed E-state index contributed by atoms with van der Waals surface area (Å²) in [4.78, 5) is 2.56. The Morgan fingerprint density at radius 1 is 1.38 bits per heavy atom. The number of nitriles is 1. The third-order valence-electron chi connectivity index (χ3n) is 4.26. The van der Waals surface area contributed by atoms with E-state index < -0.39 is 0 Å². The molecule has 2 atom stereocenters. The zero-order valence-electron chi connectivity index (χ0n) is 13.5. The molecule has 1 N–H and O–H groups in total. The van der Waals surface area contributed by atoms with E-state index in [1.54, 1.807) is 0 Å². The van der Waals surface area contributed by atoms with Gasteiger partial charge < -0.3 is 5.32 Å². The first-order valence-electron chi connectivity index (χ1n) is 8.07. The van der Waals surface area contributed by atoms with Gasteiger partial charge in [0.1, 0.15) is 0 Å². The second kappa shape index (κ2) is 7.59. The average molecular weight is 285 g/mol. The van der Waals surface area contributed by atoms with Crippen molar-refractivity contribution in [1.82, 2.24) is 10.2 Å². The van der Waals surface area contributed by atoms with Crippen molar-refractivity contribution in [3.05, 3.63) is 35.4 Å². The maximum Gasteiger partial charge on any atom is 0.0991 e. The minimum absolute atomic E-state index is 0.350. The molecule has 3 nitrogen and oxygen atoms in total. The third kappa shape index (κ3) is 4.56. The fourth-order valence-electron chi connectivity index (χ4n) is 3.13. The summed E-state index contributed by atoms with van der Waals surface area (Å²) in [6, 6.07) is 11.2. The highest BCUT2D eigenvalue weighted by Gasteiger charge is 2.23. The Morgan fingerprint density at radius 3 is 2.81 bits per heavy atom. The molecule has 21 heavy (non-hydrogen) atoms. The van der Waals surface area contributed by atoms with Crippen LogP contribution in [0.2, 0.25) is 0 Å². The van der Waals surface area contributed by atoms with Crippen molar-refractivity contribution >= 4 is 0 Å². The van der Waals surface area contributed by atoms with Gasteiger partial charge in [-0.1, -0.05) is 26.0 Å². The first-order valence-corrected chi connectivity index (χ1v) is 8.07. The molecule has 0 saturated carbocycles. The summed E-state index contributed by atoms with van der Waals surface area (Å²) in [6.45, 7) is 10.1. The molecule has 1 aromatic rings. The molecule has 1 heterocycles. The molecule has 0 aliphatic carbocycles. The van der Waals surface area contributed by atoms with E-state index in [9.17, 15) is 0 Å². The molecule has 1 saturated heterocycles. The summed E-state index contributed by atoms with van der Waals surface area (Å²) in [6.07, 6.45) is 2.57. The molecular weight excluding hydrogens is 258 g/mol. The molecule has 1 aliphatic heterocycles. The Bertz CT molecular complexity index is 483. The molecule has 3 heteroatoms. The molecule has 0 radical (unpaired) electrons. The van der Waals surface area contributed by atoms with E-state index in [2.05, 4.69) is 43.1 Å². The van der Waals surface area contributed by atoms with Crippen molar-refractivity contribution in [3.8, 4) is 6.07 Å². The highest BCUT2D eigenvalue weighted by Crippen LogP contribution is 2.23. The van der Waals surface area contributed by atoms with Gasteiger partial charge in [0.2, 0.25) is 0 Å². The lowest BCUT2D eigenvalue weighted by molar-refractivity contribution is 0.171. The lowest BCUT2D eigenvalue weighted by Gasteiger charge is -2.33. The van der Waals surface area contributed by atoms with E-state index in [1.165, 1.54) is 18.4 Å². The van der Waals surface area contributed by atoms with Crippen LogP contribution in [0.15, 0.2) is 24.3 Å². The van der Waals surface area contributed by atoms with Crippen molar-refractivity contribution in [2.75, 3.05) is 19.6 Å². The largest absolute Gasteiger partial charge is 0.313 e. The zero-order valence-corrected chi connectivity index (χ0v) is 13.5. The van der Waals surface area contributed by atoms with Crippen LogP contribution in [-0.4, -0.2) is 30.6 Å². The first-order chi connectivity index (χ1) is 10.1. The quantitative estimate of drug-likeness (QED) is 0.871. The number of hydrogen-bond acceptors (Lipinski definition) is 3. The molecule has 1 aromatic carbocycles. The lowest BCUT2D eigenvalue weighted by Crippen LogP contribution is -2.40. The van der Waals surface area contributed by atoms with Crippen LogP contribution in [0, 0.1) is 17.2 Å². The summed E-state index contributed by atoms with van der Waals surface area (Å²) < 4.78 is 0. The summed E-state index contributed by atoms with van der Waals surface area (Å²) in [7, 11) is 0. The fourth-order valence-corrected chi connectivity index (χ4v) is 3.13. The second-order valence-corrected chi connectivity index (χ2v) is 6.55. The van der Waals surface area contributed by atoms with Gasteiger partial charge in [0.05, 0.1) is 11.6 Å². The second-order valence-electron chi connectivity index (χ2n) is 6.55. The van der Waals surface area contributed by atoms with Gasteiger partial charge in [0, 0.05) is 25.2 Å². The van der Waals surface area contributed by atoms with E-state index in [1.807, 2.05) is 18.2 Å². The highest BCUT2D eigenvalue weighted by atomic mass is 15.2. The predicted molar refractivity (Wildman–Crippen MR) is 87.0 cm³/mol. The van der Waals surface area contributed by atoms with Crippen LogP contribution in [0.3, 0.4) is 0 Å². The van der Waals surface area contributed by atoms with Crippen LogP contribution in [-0.2, 0) is 0 Å². The molecule has 0 spiro atoms. The van der Waals surface area contributed by atoms with E-state index in [4.69, 9.17) is 5.26 Å². The molecule has 1 fully saturated rings. The Kier molecular flexibility index (Phi) is 5.78. The van der Waals surface area contributed by atoms with Crippen LogP contribution in [0.1, 0.15) is 50.8 Å². The summed E-state index contributed by atoms with van der Waals surface area (Å²) >= 11 is 0. The monoisotopic (exact) mass is 285 g/mol. The van der Waals surface area contributed by atoms with Crippen molar-refractivity contribution in [2.45, 2.75) is 45.7 Å². The maximum atomic E-state index is 9.08. The molecule has 0 amide bonds. The lowest BCUT2D eigenvalue weighted by atomic mass is 10.0. The molecule has 114 valence electrons. The first kappa shape index (κ1) is 16.0. The van der Waals surface area contributed by atoms with E-state index in [0.29, 0.717) is 18.0 Å². The van der Waals surface area contributed by atoms with Gasteiger partial charge in [-0.3, -0.25) is 4.90 Å². The van der Waals surface area contributed by atoms with Crippen molar-refractivity contribution in [3.63, 3.8) is 0 Å². The Hall–Kier alpha value is -1.37.